The van der Waals surface area contributed by atoms with E-state index in [0.717, 1.165) is 22.8 Å². The minimum atomic E-state index is -0.354. The summed E-state index contributed by atoms with van der Waals surface area (Å²) in [5, 5.41) is 3.83. The second-order valence-corrected chi connectivity index (χ2v) is 6.52. The molecule has 6 nitrogen and oxygen atoms in total. The molecule has 0 spiro atoms. The van der Waals surface area contributed by atoms with Crippen LogP contribution < -0.4 is 14.8 Å². The molecule has 1 N–H and O–H groups in total. The fourth-order valence-corrected chi connectivity index (χ4v) is 2.69. The molecular weight excluding hydrogens is 320 g/mol. The Bertz CT molecular complexity index is 771. The van der Waals surface area contributed by atoms with Crippen molar-refractivity contribution in [2.45, 2.75) is 25.9 Å². The number of hydroxylamine groups is 2. The zero-order valence-corrected chi connectivity index (χ0v) is 14.8. The summed E-state index contributed by atoms with van der Waals surface area (Å²) in [6.07, 6.45) is 0.859. The summed E-state index contributed by atoms with van der Waals surface area (Å²) in [7, 11) is 2.96. The highest BCUT2D eigenvalue weighted by Crippen LogP contribution is 2.43. The van der Waals surface area contributed by atoms with Gasteiger partial charge in [-0.05, 0) is 44.2 Å². The molecule has 2 aromatic rings. The van der Waals surface area contributed by atoms with Crippen LogP contribution in [0.1, 0.15) is 19.4 Å². The van der Waals surface area contributed by atoms with E-state index in [1.165, 1.54) is 14.2 Å². The summed E-state index contributed by atoms with van der Waals surface area (Å²) in [6.45, 7) is 4.12. The minimum absolute atomic E-state index is 0.219. The molecule has 0 saturated carbocycles. The van der Waals surface area contributed by atoms with Crippen LogP contribution in [0.5, 0.6) is 17.2 Å². The number of benzene rings is 2. The Morgan fingerprint density at radius 3 is 2.60 bits per heavy atom. The van der Waals surface area contributed by atoms with E-state index in [0.29, 0.717) is 17.2 Å². The van der Waals surface area contributed by atoms with Gasteiger partial charge in [0.05, 0.1) is 7.11 Å². The number of carbonyl (C=O) groups excluding carboxylic acids is 1. The van der Waals surface area contributed by atoms with Crippen LogP contribution in [0.4, 0.5) is 10.5 Å². The molecule has 2 aromatic carbocycles. The number of carbonyl (C=O) groups is 1. The van der Waals surface area contributed by atoms with Crippen molar-refractivity contribution in [3.8, 4) is 17.2 Å². The second kappa shape index (κ2) is 6.64. The summed E-state index contributed by atoms with van der Waals surface area (Å²) in [5.41, 5.74) is 1.58. The highest BCUT2D eigenvalue weighted by Gasteiger charge is 2.32. The van der Waals surface area contributed by atoms with Crippen molar-refractivity contribution in [3.63, 3.8) is 0 Å². The number of nitrogens with zero attached hydrogens (tertiary/aromatic N) is 1. The molecule has 0 aliphatic carbocycles. The molecule has 1 aliphatic rings. The maximum atomic E-state index is 11.8. The fraction of sp³-hybridized carbons (Fsp3) is 0.316. The van der Waals surface area contributed by atoms with E-state index in [2.05, 4.69) is 25.2 Å². The van der Waals surface area contributed by atoms with Gasteiger partial charge in [0.25, 0.3) is 0 Å². The van der Waals surface area contributed by atoms with Gasteiger partial charge in [-0.2, -0.15) is 0 Å². The number of anilines is 1. The number of urea groups is 1. The summed E-state index contributed by atoms with van der Waals surface area (Å²) in [6, 6.07) is 12.7. The van der Waals surface area contributed by atoms with Gasteiger partial charge in [0.1, 0.15) is 11.4 Å². The van der Waals surface area contributed by atoms with Gasteiger partial charge in [0.2, 0.25) is 0 Å². The molecule has 132 valence electrons. The van der Waals surface area contributed by atoms with E-state index >= 15 is 0 Å². The topological polar surface area (TPSA) is 60.0 Å². The third-order valence-corrected chi connectivity index (χ3v) is 3.95. The van der Waals surface area contributed by atoms with Crippen LogP contribution >= 0.6 is 0 Å². The molecule has 1 heterocycles. The van der Waals surface area contributed by atoms with E-state index < -0.39 is 0 Å². The number of hydrogen-bond acceptors (Lipinski definition) is 4. The SMILES string of the molecule is CON(C)C(=O)Nc1ccc(Oc2cccc3c2OC(C)(C)C3)cc1. The van der Waals surface area contributed by atoms with Gasteiger partial charge >= 0.3 is 6.03 Å². The van der Waals surface area contributed by atoms with Crippen molar-refractivity contribution in [3.05, 3.63) is 48.0 Å². The highest BCUT2D eigenvalue weighted by molar-refractivity contribution is 5.88. The van der Waals surface area contributed by atoms with E-state index in [9.17, 15) is 4.79 Å². The quantitative estimate of drug-likeness (QED) is 0.845. The third-order valence-electron chi connectivity index (χ3n) is 3.95. The lowest BCUT2D eigenvalue weighted by atomic mass is 10.0. The van der Waals surface area contributed by atoms with Crippen molar-refractivity contribution < 1.29 is 19.1 Å². The molecule has 2 amide bonds. The van der Waals surface area contributed by atoms with Gasteiger partial charge in [-0.15, -0.1) is 0 Å². The Kier molecular flexibility index (Phi) is 4.55. The molecule has 0 aromatic heterocycles. The molecule has 3 rings (SSSR count). The molecule has 6 heteroatoms. The van der Waals surface area contributed by atoms with Crippen LogP contribution in [0.25, 0.3) is 0 Å². The average Bonchev–Trinajstić information content (AvgIpc) is 2.90. The Labute approximate surface area is 147 Å². The molecule has 0 radical (unpaired) electrons. The Hall–Kier alpha value is -2.73. The van der Waals surface area contributed by atoms with E-state index in [1.807, 2.05) is 12.1 Å². The largest absolute Gasteiger partial charge is 0.483 e. The zero-order valence-electron chi connectivity index (χ0n) is 14.8. The highest BCUT2D eigenvalue weighted by atomic mass is 16.7. The van der Waals surface area contributed by atoms with Crippen LogP contribution in [-0.4, -0.2) is 30.9 Å². The van der Waals surface area contributed by atoms with Gasteiger partial charge < -0.3 is 14.8 Å². The number of para-hydroxylation sites is 1. The van der Waals surface area contributed by atoms with Crippen molar-refractivity contribution >= 4 is 11.7 Å². The normalized spacial score (nSPS) is 14.4. The lowest BCUT2D eigenvalue weighted by Crippen LogP contribution is -2.30. The molecule has 25 heavy (non-hydrogen) atoms. The number of nitrogens with one attached hydrogen (secondary N) is 1. The number of rotatable bonds is 4. The standard InChI is InChI=1S/C19H22N2O4/c1-19(2)12-13-6-5-7-16(17(13)25-19)24-15-10-8-14(9-11-15)20-18(22)21(3)23-4/h5-11H,12H2,1-4H3,(H,20,22). The molecule has 1 aliphatic heterocycles. The van der Waals surface area contributed by atoms with E-state index in [4.69, 9.17) is 14.3 Å². The van der Waals surface area contributed by atoms with Crippen molar-refractivity contribution in [2.75, 3.05) is 19.5 Å². The molecule has 0 unspecified atom stereocenters. The van der Waals surface area contributed by atoms with Crippen LogP contribution in [0.3, 0.4) is 0 Å². The molecule has 0 fully saturated rings. The second-order valence-electron chi connectivity index (χ2n) is 6.52. The van der Waals surface area contributed by atoms with Crippen LogP contribution in [0, 0.1) is 0 Å². The van der Waals surface area contributed by atoms with Gasteiger partial charge in [-0.3, -0.25) is 4.84 Å². The maximum Gasteiger partial charge on any atom is 0.345 e. The van der Waals surface area contributed by atoms with Crippen LogP contribution in [0.2, 0.25) is 0 Å². The molecule has 0 atom stereocenters. The first-order chi connectivity index (χ1) is 11.9. The van der Waals surface area contributed by atoms with Gasteiger partial charge in [-0.25, -0.2) is 9.86 Å². The van der Waals surface area contributed by atoms with Gasteiger partial charge in [0.15, 0.2) is 11.5 Å². The van der Waals surface area contributed by atoms with E-state index in [1.54, 1.807) is 24.3 Å². The predicted octanol–water partition coefficient (Wildman–Crippen LogP) is 4.22. The first-order valence-corrected chi connectivity index (χ1v) is 8.05. The number of fused-ring (bicyclic) bond motifs is 1. The van der Waals surface area contributed by atoms with Crippen LogP contribution in [0.15, 0.2) is 42.5 Å². The molecular formula is C19H22N2O4. The van der Waals surface area contributed by atoms with E-state index in [-0.39, 0.29) is 11.6 Å². The zero-order chi connectivity index (χ0) is 18.0. The summed E-state index contributed by atoms with van der Waals surface area (Å²) in [4.78, 5) is 16.6. The summed E-state index contributed by atoms with van der Waals surface area (Å²) in [5.74, 6) is 2.16. The monoisotopic (exact) mass is 342 g/mol. The summed E-state index contributed by atoms with van der Waals surface area (Å²) < 4.78 is 12.0. The number of hydrogen-bond donors (Lipinski definition) is 1. The first-order valence-electron chi connectivity index (χ1n) is 8.05. The van der Waals surface area contributed by atoms with Gasteiger partial charge in [0, 0.05) is 24.7 Å². The maximum absolute atomic E-state index is 11.8. The van der Waals surface area contributed by atoms with Crippen LogP contribution in [-0.2, 0) is 11.3 Å². The predicted molar refractivity (Wildman–Crippen MR) is 95.2 cm³/mol. The molecule has 0 bridgehead atoms. The van der Waals surface area contributed by atoms with Gasteiger partial charge in [-0.1, -0.05) is 12.1 Å². The van der Waals surface area contributed by atoms with Crippen molar-refractivity contribution in [2.24, 2.45) is 0 Å². The number of amides is 2. The minimum Gasteiger partial charge on any atom is -0.483 e. The Morgan fingerprint density at radius 1 is 1.20 bits per heavy atom. The average molecular weight is 342 g/mol. The smallest absolute Gasteiger partial charge is 0.345 e. The Morgan fingerprint density at radius 2 is 1.92 bits per heavy atom. The fourth-order valence-electron chi connectivity index (χ4n) is 2.69. The molecule has 0 saturated heterocycles. The lowest BCUT2D eigenvalue weighted by Gasteiger charge is -2.18. The first kappa shape index (κ1) is 17.1. The van der Waals surface area contributed by atoms with Crippen molar-refractivity contribution in [1.29, 1.82) is 0 Å². The lowest BCUT2D eigenvalue weighted by molar-refractivity contribution is -0.0598. The third kappa shape index (κ3) is 3.85. The number of ether oxygens (including phenoxy) is 2. The Balaban J connectivity index is 1.71. The van der Waals surface area contributed by atoms with Crippen molar-refractivity contribution in [1.82, 2.24) is 5.06 Å². The summed E-state index contributed by atoms with van der Waals surface area (Å²) >= 11 is 0.